The Hall–Kier alpha value is -1.32. The summed E-state index contributed by atoms with van der Waals surface area (Å²) in [4.78, 5) is 11.6. The van der Waals surface area contributed by atoms with Gasteiger partial charge in [-0.25, -0.2) is 9.97 Å². The van der Waals surface area contributed by atoms with Crippen LogP contribution >= 0.6 is 0 Å². The minimum Gasteiger partial charge on any atom is -0.384 e. The first-order valence-corrected chi connectivity index (χ1v) is 7.19. The molecule has 18 heavy (non-hydrogen) atoms. The fraction of sp³-hybridized carbons (Fsp3) is 0.714. The van der Waals surface area contributed by atoms with E-state index in [0.29, 0.717) is 17.8 Å². The number of aromatic nitrogens is 2. The summed E-state index contributed by atoms with van der Waals surface area (Å²) in [6, 6.07) is 2.57. The first-order valence-electron chi connectivity index (χ1n) is 7.19. The molecule has 1 saturated heterocycles. The van der Waals surface area contributed by atoms with Crippen molar-refractivity contribution >= 4 is 11.6 Å². The molecule has 1 aliphatic heterocycles. The number of nitrogen functional groups attached to an aromatic ring is 1. The second-order valence-corrected chi connectivity index (χ2v) is 5.53. The SMILES string of the molecule is CCC1CCCCN1c1cc(N)nc(C2CC2)n1. The second-order valence-electron chi connectivity index (χ2n) is 5.53. The van der Waals surface area contributed by atoms with Crippen molar-refractivity contribution in [1.29, 1.82) is 0 Å². The summed E-state index contributed by atoms with van der Waals surface area (Å²) in [6.45, 7) is 3.37. The van der Waals surface area contributed by atoms with E-state index in [1.165, 1.54) is 38.5 Å². The molecule has 4 heteroatoms. The Bertz CT molecular complexity index is 428. The summed E-state index contributed by atoms with van der Waals surface area (Å²) >= 11 is 0. The van der Waals surface area contributed by atoms with Crippen LogP contribution in [0.1, 0.15) is 57.2 Å². The third-order valence-electron chi connectivity index (χ3n) is 4.08. The van der Waals surface area contributed by atoms with Crippen LogP contribution in [0, 0.1) is 0 Å². The average molecular weight is 246 g/mol. The van der Waals surface area contributed by atoms with Crippen LogP contribution in [-0.4, -0.2) is 22.6 Å². The van der Waals surface area contributed by atoms with Gasteiger partial charge in [-0.3, -0.25) is 0 Å². The zero-order valence-electron chi connectivity index (χ0n) is 11.1. The molecular weight excluding hydrogens is 224 g/mol. The lowest BCUT2D eigenvalue weighted by atomic mass is 10.00. The fourth-order valence-corrected chi connectivity index (χ4v) is 2.87. The van der Waals surface area contributed by atoms with E-state index in [1.807, 2.05) is 6.07 Å². The number of piperidine rings is 1. The van der Waals surface area contributed by atoms with E-state index in [-0.39, 0.29) is 0 Å². The Morgan fingerprint density at radius 1 is 1.28 bits per heavy atom. The standard InChI is InChI=1S/C14H22N4/c1-2-11-5-3-4-8-18(11)13-9-12(15)16-14(17-13)10-6-7-10/h9-11H,2-8H2,1H3,(H2,15,16,17). The highest BCUT2D eigenvalue weighted by Gasteiger charge is 2.29. The highest BCUT2D eigenvalue weighted by Crippen LogP contribution is 2.39. The van der Waals surface area contributed by atoms with Gasteiger partial charge in [-0.15, -0.1) is 0 Å². The minimum absolute atomic E-state index is 0.567. The molecular formula is C14H22N4. The topological polar surface area (TPSA) is 55.0 Å². The molecule has 0 radical (unpaired) electrons. The monoisotopic (exact) mass is 246 g/mol. The van der Waals surface area contributed by atoms with Crippen molar-refractivity contribution in [2.24, 2.45) is 0 Å². The zero-order chi connectivity index (χ0) is 12.5. The van der Waals surface area contributed by atoms with Crippen LogP contribution in [0.15, 0.2) is 6.07 Å². The summed E-state index contributed by atoms with van der Waals surface area (Å²) in [7, 11) is 0. The van der Waals surface area contributed by atoms with E-state index >= 15 is 0 Å². The lowest BCUT2D eigenvalue weighted by Crippen LogP contribution is -2.39. The van der Waals surface area contributed by atoms with Crippen LogP contribution in [0.25, 0.3) is 0 Å². The van der Waals surface area contributed by atoms with Crippen LogP contribution in [-0.2, 0) is 0 Å². The quantitative estimate of drug-likeness (QED) is 0.891. The zero-order valence-corrected chi connectivity index (χ0v) is 11.1. The molecule has 3 rings (SSSR count). The first kappa shape index (κ1) is 11.8. The predicted molar refractivity (Wildman–Crippen MR) is 73.7 cm³/mol. The van der Waals surface area contributed by atoms with Gasteiger partial charge in [0.05, 0.1) is 0 Å². The summed E-state index contributed by atoms with van der Waals surface area (Å²) < 4.78 is 0. The Labute approximate surface area is 109 Å². The molecule has 2 aliphatic rings. The molecule has 0 spiro atoms. The highest BCUT2D eigenvalue weighted by molar-refractivity contribution is 5.48. The molecule has 4 nitrogen and oxygen atoms in total. The van der Waals surface area contributed by atoms with Gasteiger partial charge >= 0.3 is 0 Å². The molecule has 98 valence electrons. The van der Waals surface area contributed by atoms with Crippen LogP contribution < -0.4 is 10.6 Å². The second kappa shape index (κ2) is 4.75. The minimum atomic E-state index is 0.567. The molecule has 2 fully saturated rings. The van der Waals surface area contributed by atoms with E-state index < -0.39 is 0 Å². The molecule has 2 N–H and O–H groups in total. The van der Waals surface area contributed by atoms with E-state index in [4.69, 9.17) is 10.7 Å². The molecule has 2 heterocycles. The third-order valence-corrected chi connectivity index (χ3v) is 4.08. The Balaban J connectivity index is 1.89. The van der Waals surface area contributed by atoms with Gasteiger partial charge in [0.25, 0.3) is 0 Å². The largest absolute Gasteiger partial charge is 0.384 e. The van der Waals surface area contributed by atoms with Crippen molar-refractivity contribution in [3.05, 3.63) is 11.9 Å². The van der Waals surface area contributed by atoms with Crippen LogP contribution in [0.5, 0.6) is 0 Å². The van der Waals surface area contributed by atoms with Gasteiger partial charge in [0.15, 0.2) is 0 Å². The van der Waals surface area contributed by atoms with Crippen molar-refractivity contribution in [2.45, 2.75) is 57.4 Å². The summed E-state index contributed by atoms with van der Waals surface area (Å²) in [6.07, 6.45) is 7.51. The van der Waals surface area contributed by atoms with Gasteiger partial charge in [0.1, 0.15) is 17.5 Å². The van der Waals surface area contributed by atoms with E-state index in [9.17, 15) is 0 Å². The molecule has 1 aromatic heterocycles. The average Bonchev–Trinajstić information content (AvgIpc) is 3.22. The number of nitrogens with zero attached hydrogens (tertiary/aromatic N) is 3. The molecule has 1 atom stereocenters. The van der Waals surface area contributed by atoms with Gasteiger partial charge in [0.2, 0.25) is 0 Å². The molecule has 1 unspecified atom stereocenters. The summed E-state index contributed by atoms with van der Waals surface area (Å²) in [5, 5.41) is 0. The number of hydrogen-bond acceptors (Lipinski definition) is 4. The van der Waals surface area contributed by atoms with E-state index in [2.05, 4.69) is 16.8 Å². The molecule has 0 bridgehead atoms. The van der Waals surface area contributed by atoms with Gasteiger partial charge in [0, 0.05) is 24.6 Å². The van der Waals surface area contributed by atoms with Crippen LogP contribution in [0.3, 0.4) is 0 Å². The van der Waals surface area contributed by atoms with E-state index in [1.54, 1.807) is 0 Å². The number of nitrogens with two attached hydrogens (primary N) is 1. The van der Waals surface area contributed by atoms with Gasteiger partial charge in [-0.05, 0) is 38.5 Å². The van der Waals surface area contributed by atoms with Crippen molar-refractivity contribution < 1.29 is 0 Å². The number of hydrogen-bond donors (Lipinski definition) is 1. The van der Waals surface area contributed by atoms with Gasteiger partial charge < -0.3 is 10.6 Å². The maximum absolute atomic E-state index is 5.94. The number of anilines is 2. The lowest BCUT2D eigenvalue weighted by molar-refractivity contribution is 0.446. The van der Waals surface area contributed by atoms with Crippen molar-refractivity contribution in [2.75, 3.05) is 17.2 Å². The maximum atomic E-state index is 5.94. The number of rotatable bonds is 3. The molecule has 1 saturated carbocycles. The molecule has 1 aliphatic carbocycles. The molecule has 1 aromatic rings. The Kier molecular flexibility index (Phi) is 3.10. The Morgan fingerprint density at radius 3 is 2.83 bits per heavy atom. The van der Waals surface area contributed by atoms with Crippen molar-refractivity contribution in [3.63, 3.8) is 0 Å². The molecule has 0 amide bonds. The lowest BCUT2D eigenvalue weighted by Gasteiger charge is -2.36. The predicted octanol–water partition coefficient (Wildman–Crippen LogP) is 2.71. The third kappa shape index (κ3) is 2.28. The molecule has 0 aromatic carbocycles. The smallest absolute Gasteiger partial charge is 0.136 e. The van der Waals surface area contributed by atoms with E-state index in [0.717, 1.165) is 18.2 Å². The first-order chi connectivity index (χ1) is 8.78. The maximum Gasteiger partial charge on any atom is 0.136 e. The summed E-state index contributed by atoms with van der Waals surface area (Å²) in [5.41, 5.74) is 5.94. The Morgan fingerprint density at radius 2 is 2.11 bits per heavy atom. The van der Waals surface area contributed by atoms with Crippen molar-refractivity contribution in [1.82, 2.24) is 9.97 Å². The highest BCUT2D eigenvalue weighted by atomic mass is 15.2. The fourth-order valence-electron chi connectivity index (χ4n) is 2.87. The summed E-state index contributed by atoms with van der Waals surface area (Å²) in [5.74, 6) is 3.21. The van der Waals surface area contributed by atoms with Crippen LogP contribution in [0.4, 0.5) is 11.6 Å². The van der Waals surface area contributed by atoms with Gasteiger partial charge in [-0.1, -0.05) is 6.92 Å². The van der Waals surface area contributed by atoms with Crippen LogP contribution in [0.2, 0.25) is 0 Å². The van der Waals surface area contributed by atoms with Gasteiger partial charge in [-0.2, -0.15) is 0 Å². The normalized spacial score (nSPS) is 24.3. The van der Waals surface area contributed by atoms with Crippen molar-refractivity contribution in [3.8, 4) is 0 Å².